The van der Waals surface area contributed by atoms with E-state index in [1.807, 2.05) is 0 Å². The van der Waals surface area contributed by atoms with Gasteiger partial charge in [0.15, 0.2) is 0 Å². The number of phenolic OH excluding ortho intramolecular Hbond substituents is 1. The monoisotopic (exact) mass is 1130 g/mol. The molecule has 0 unspecified atom stereocenters. The van der Waals surface area contributed by atoms with Gasteiger partial charge in [0.1, 0.15) is 66.2 Å². The lowest BCUT2D eigenvalue weighted by Gasteiger charge is -2.28. The number of nitrogens with two attached hydrogens (primary N) is 3. The van der Waals surface area contributed by atoms with E-state index in [2.05, 4.69) is 53.2 Å². The number of primary amides is 2. The summed E-state index contributed by atoms with van der Waals surface area (Å²) in [6.45, 7) is 4.20. The molecular weight excluding hydrogens is 1050 g/mol. The van der Waals surface area contributed by atoms with Crippen molar-refractivity contribution in [1.29, 1.82) is 0 Å². The summed E-state index contributed by atoms with van der Waals surface area (Å²) in [5, 5.41) is 82.0. The van der Waals surface area contributed by atoms with E-state index in [0.29, 0.717) is 5.56 Å². The van der Waals surface area contributed by atoms with Gasteiger partial charge < -0.3 is 101 Å². The molecule has 22 N–H and O–H groups in total. The molecule has 12 amide bonds. The number of phenols is 1. The molecule has 0 saturated carbocycles. The lowest BCUT2D eigenvalue weighted by molar-refractivity contribution is -0.142. The van der Waals surface area contributed by atoms with E-state index in [4.69, 9.17) is 17.2 Å². The van der Waals surface area contributed by atoms with Crippen LogP contribution in [0, 0.1) is 11.8 Å². The first-order valence-corrected chi connectivity index (χ1v) is 24.7. The van der Waals surface area contributed by atoms with E-state index in [1.165, 1.54) is 52.0 Å². The molecular formula is C47H75N13O19. The van der Waals surface area contributed by atoms with Crippen molar-refractivity contribution in [3.8, 4) is 5.75 Å². The van der Waals surface area contributed by atoms with Gasteiger partial charge in [-0.1, -0.05) is 39.8 Å². The van der Waals surface area contributed by atoms with Crippen LogP contribution < -0.4 is 70.4 Å². The van der Waals surface area contributed by atoms with Gasteiger partial charge in [0.05, 0.1) is 38.9 Å². The highest BCUT2D eigenvalue weighted by Crippen LogP contribution is 2.13. The number of amides is 12. The zero-order valence-electron chi connectivity index (χ0n) is 44.4. The Labute approximate surface area is 453 Å². The minimum absolute atomic E-state index is 0.0276. The number of aromatic hydroxyl groups is 1. The maximum atomic E-state index is 13.8. The molecule has 442 valence electrons. The molecule has 32 nitrogen and oxygen atoms in total. The number of aliphatic hydroxyl groups excluding tert-OH is 4. The average Bonchev–Trinajstić information content (AvgIpc) is 3.37. The van der Waals surface area contributed by atoms with Crippen molar-refractivity contribution in [2.75, 3.05) is 26.4 Å². The Morgan fingerprint density at radius 1 is 0.456 bits per heavy atom. The molecule has 0 aliphatic rings. The smallest absolute Gasteiger partial charge is 0.325 e. The maximum Gasteiger partial charge on any atom is 0.325 e. The number of carbonyl (C=O) groups is 13. The van der Waals surface area contributed by atoms with Crippen molar-refractivity contribution in [2.24, 2.45) is 29.0 Å². The fourth-order valence-corrected chi connectivity index (χ4v) is 6.89. The zero-order chi connectivity index (χ0) is 60.4. The Bertz CT molecular complexity index is 2320. The lowest BCUT2D eigenvalue weighted by atomic mass is 10.0. The van der Waals surface area contributed by atoms with Crippen molar-refractivity contribution in [2.45, 2.75) is 140 Å². The van der Waals surface area contributed by atoms with Crippen LogP contribution in [0.1, 0.15) is 72.8 Å². The van der Waals surface area contributed by atoms with Gasteiger partial charge in [0, 0.05) is 12.8 Å². The van der Waals surface area contributed by atoms with Crippen LogP contribution in [0.5, 0.6) is 5.75 Å². The highest BCUT2D eigenvalue weighted by atomic mass is 16.4. The first-order chi connectivity index (χ1) is 36.9. The van der Waals surface area contributed by atoms with Gasteiger partial charge in [0.25, 0.3) is 0 Å². The van der Waals surface area contributed by atoms with Crippen LogP contribution in [-0.4, -0.2) is 200 Å². The quantitative estimate of drug-likeness (QED) is 0.0300. The second-order valence-electron chi connectivity index (χ2n) is 19.0. The molecule has 1 rings (SSSR count). The predicted molar refractivity (Wildman–Crippen MR) is 273 cm³/mol. The van der Waals surface area contributed by atoms with Gasteiger partial charge in [-0.15, -0.1) is 0 Å². The third-order valence-corrected chi connectivity index (χ3v) is 11.4. The van der Waals surface area contributed by atoms with Crippen LogP contribution in [0.25, 0.3) is 0 Å². The summed E-state index contributed by atoms with van der Waals surface area (Å²) < 4.78 is 0. The normalized spacial score (nSPS) is 15.3. The van der Waals surface area contributed by atoms with E-state index in [-0.39, 0.29) is 24.5 Å². The van der Waals surface area contributed by atoms with Crippen molar-refractivity contribution in [3.63, 3.8) is 0 Å². The summed E-state index contributed by atoms with van der Waals surface area (Å²) in [5.41, 5.74) is 16.2. The van der Waals surface area contributed by atoms with Gasteiger partial charge in [-0.25, -0.2) is 0 Å². The largest absolute Gasteiger partial charge is 0.508 e. The average molecular weight is 1130 g/mol. The highest BCUT2D eigenvalue weighted by molar-refractivity contribution is 5.99. The van der Waals surface area contributed by atoms with Crippen molar-refractivity contribution in [1.82, 2.24) is 53.2 Å². The molecule has 0 radical (unpaired) electrons. The number of hydrogen-bond donors (Lipinski definition) is 19. The second-order valence-corrected chi connectivity index (χ2v) is 19.0. The summed E-state index contributed by atoms with van der Waals surface area (Å²) in [6, 6.07) is -12.4. The van der Waals surface area contributed by atoms with E-state index in [1.54, 1.807) is 13.8 Å². The molecule has 0 spiro atoms. The number of benzene rings is 1. The van der Waals surface area contributed by atoms with Crippen LogP contribution in [0.4, 0.5) is 0 Å². The van der Waals surface area contributed by atoms with Gasteiger partial charge in [-0.2, -0.15) is 0 Å². The molecule has 0 saturated heterocycles. The number of hydrogen-bond acceptors (Lipinski definition) is 19. The van der Waals surface area contributed by atoms with Crippen LogP contribution >= 0.6 is 0 Å². The third-order valence-electron chi connectivity index (χ3n) is 11.4. The predicted octanol–water partition coefficient (Wildman–Crippen LogP) is -8.95. The molecule has 0 aliphatic heterocycles. The molecule has 11 atom stereocenters. The molecule has 0 aliphatic carbocycles. The molecule has 0 bridgehead atoms. The van der Waals surface area contributed by atoms with Gasteiger partial charge >= 0.3 is 5.97 Å². The van der Waals surface area contributed by atoms with Crippen LogP contribution in [0.3, 0.4) is 0 Å². The third kappa shape index (κ3) is 24.4. The van der Waals surface area contributed by atoms with E-state index in [9.17, 15) is 93.0 Å². The Morgan fingerprint density at radius 3 is 1.27 bits per heavy atom. The van der Waals surface area contributed by atoms with Crippen molar-refractivity contribution < 1.29 is 93.0 Å². The van der Waals surface area contributed by atoms with Gasteiger partial charge in [-0.3, -0.25) is 62.3 Å². The van der Waals surface area contributed by atoms with Crippen LogP contribution in [0.2, 0.25) is 0 Å². The molecule has 1 aromatic carbocycles. The Kier molecular flexibility index (Phi) is 29.6. The maximum absolute atomic E-state index is 13.8. The van der Waals surface area contributed by atoms with E-state index < -0.39 is 195 Å². The van der Waals surface area contributed by atoms with E-state index >= 15 is 0 Å². The standard InChI is InChI=1S/C47H75N13O19/c1-20(2)13-28(40(71)52-23(6)47(78)79)54-41(72)29(14-24-7-9-25(65)10-8-24)55-43(74)31(17-62)58-44(75)32(18-63)59-46(77)36(21(3)4)60-45(76)33(19-64)57-39(70)27(11-12-34(49)66)53-42(73)30(16-61)56-37(68)22(5)51-38(69)26(48)15-35(50)67/h7-10,20-23,26-33,36,61-65H,11-19,48H2,1-6H3,(H2,49,66)(H2,50,67)(H,51,69)(H,52,71)(H,53,73)(H,54,72)(H,55,74)(H,56,68)(H,57,70)(H,58,75)(H,59,77)(H,60,76)(H,78,79)/t22-,23-,26-,27-,28-,29-,30-,31-,32-,33-,36-/m0/s1. The van der Waals surface area contributed by atoms with Crippen molar-refractivity contribution in [3.05, 3.63) is 29.8 Å². The summed E-state index contributed by atoms with van der Waals surface area (Å²) in [7, 11) is 0. The molecule has 0 fully saturated rings. The van der Waals surface area contributed by atoms with Crippen molar-refractivity contribution >= 4 is 76.9 Å². The van der Waals surface area contributed by atoms with Gasteiger partial charge in [-0.05, 0) is 56.2 Å². The summed E-state index contributed by atoms with van der Waals surface area (Å²) >= 11 is 0. The first kappa shape index (κ1) is 68.9. The fraction of sp³-hybridized carbons (Fsp3) is 0.596. The Balaban J connectivity index is 3.25. The number of aliphatic hydroxyl groups is 4. The first-order valence-electron chi connectivity index (χ1n) is 24.7. The SMILES string of the molecule is CC(C)C[C@H](NC(=O)[C@H](Cc1ccc(O)cc1)NC(=O)[C@H](CO)NC(=O)[C@H](CO)NC(=O)[C@@H](NC(=O)[C@H](CO)NC(=O)[C@H](CCC(N)=O)NC(=O)[C@H](CO)NC(=O)[C@H](C)NC(=O)[C@@H](N)CC(N)=O)C(C)C)C(=O)N[C@@H](C)C(=O)O. The van der Waals surface area contributed by atoms with Gasteiger partial charge in [0.2, 0.25) is 70.9 Å². The molecule has 0 aromatic heterocycles. The van der Waals surface area contributed by atoms with Crippen LogP contribution in [-0.2, 0) is 68.7 Å². The Hall–Kier alpha value is -8.07. The minimum atomic E-state index is -1.90. The summed E-state index contributed by atoms with van der Waals surface area (Å²) in [5.74, 6) is -15.4. The highest BCUT2D eigenvalue weighted by Gasteiger charge is 2.36. The topological polar surface area (TPSA) is 542 Å². The number of aliphatic carboxylic acids is 1. The molecule has 32 heteroatoms. The molecule has 0 heterocycles. The lowest BCUT2D eigenvalue weighted by Crippen LogP contribution is -2.62. The molecule has 79 heavy (non-hydrogen) atoms. The second kappa shape index (κ2) is 33.9. The number of carboxylic acid groups (broad SMARTS) is 1. The number of carbonyl (C=O) groups excluding carboxylic acids is 12. The summed E-state index contributed by atoms with van der Waals surface area (Å²) in [6.07, 6.45) is -1.89. The Morgan fingerprint density at radius 2 is 0.835 bits per heavy atom. The fourth-order valence-electron chi connectivity index (χ4n) is 6.89. The minimum Gasteiger partial charge on any atom is -0.508 e. The van der Waals surface area contributed by atoms with Crippen LogP contribution in [0.15, 0.2) is 24.3 Å². The number of nitrogens with one attached hydrogen (secondary N) is 10. The summed E-state index contributed by atoms with van der Waals surface area (Å²) in [4.78, 5) is 167. The number of rotatable bonds is 35. The number of carboxylic acids is 1. The van der Waals surface area contributed by atoms with E-state index in [0.717, 1.165) is 0 Å². The molecule has 1 aromatic rings. The zero-order valence-corrected chi connectivity index (χ0v) is 44.4.